The van der Waals surface area contributed by atoms with Gasteiger partial charge < -0.3 is 0 Å². The SMILES string of the molecule is CCCCCCCCCCCCCCC1=C[C+](C)C=C1. The molecule has 0 heteroatoms. The van der Waals surface area contributed by atoms with Gasteiger partial charge in [0.1, 0.15) is 0 Å². The number of hydrogen-bond acceptors (Lipinski definition) is 0. The highest BCUT2D eigenvalue weighted by molar-refractivity contribution is 5.39. The topological polar surface area (TPSA) is 0 Å². The molecule has 0 saturated carbocycles. The van der Waals surface area contributed by atoms with E-state index in [0.29, 0.717) is 0 Å². The molecule has 0 atom stereocenters. The maximum atomic E-state index is 2.33. The van der Waals surface area contributed by atoms with E-state index >= 15 is 0 Å². The van der Waals surface area contributed by atoms with E-state index in [0.717, 1.165) is 0 Å². The van der Waals surface area contributed by atoms with Crippen molar-refractivity contribution in [3.63, 3.8) is 0 Å². The molecule has 114 valence electrons. The third-order valence-electron chi connectivity index (χ3n) is 4.29. The summed E-state index contributed by atoms with van der Waals surface area (Å²) in [7, 11) is 0. The maximum absolute atomic E-state index is 2.33. The lowest BCUT2D eigenvalue weighted by molar-refractivity contribution is 0.544. The third-order valence-corrected chi connectivity index (χ3v) is 4.29. The molecule has 0 aliphatic heterocycles. The summed E-state index contributed by atoms with van der Waals surface area (Å²) in [5.41, 5.74) is 1.54. The highest BCUT2D eigenvalue weighted by Gasteiger charge is 2.13. The smallest absolute Gasteiger partial charge is 0.0654 e. The van der Waals surface area contributed by atoms with Gasteiger partial charge in [0.05, 0.1) is 29.7 Å². The molecule has 1 rings (SSSR count). The zero-order chi connectivity index (χ0) is 14.5. The van der Waals surface area contributed by atoms with Crippen molar-refractivity contribution in [2.45, 2.75) is 97.3 Å². The van der Waals surface area contributed by atoms with Crippen molar-refractivity contribution >= 4 is 0 Å². The van der Waals surface area contributed by atoms with Gasteiger partial charge in [-0.3, -0.25) is 0 Å². The largest absolute Gasteiger partial charge is 0.0934 e. The van der Waals surface area contributed by atoms with Gasteiger partial charge in [-0.25, -0.2) is 0 Å². The Kier molecular flexibility index (Phi) is 10.5. The van der Waals surface area contributed by atoms with Crippen molar-refractivity contribution in [2.75, 3.05) is 0 Å². The van der Waals surface area contributed by atoms with Gasteiger partial charge in [0.2, 0.25) is 0 Å². The average molecular weight is 275 g/mol. The molecule has 0 nitrogen and oxygen atoms in total. The van der Waals surface area contributed by atoms with Crippen LogP contribution in [0.3, 0.4) is 0 Å². The molecule has 0 spiro atoms. The van der Waals surface area contributed by atoms with Gasteiger partial charge >= 0.3 is 0 Å². The van der Waals surface area contributed by atoms with E-state index in [1.807, 2.05) is 0 Å². The standard InChI is InChI=1S/C20H35/c1-3-4-5-6-7-8-9-10-11-12-13-14-15-20-17-16-19(2)18-20/h16-18H,3-15H2,1-2H3/q+1. The number of unbranched alkanes of at least 4 members (excludes halogenated alkanes) is 11. The van der Waals surface area contributed by atoms with E-state index in [9.17, 15) is 0 Å². The zero-order valence-electron chi connectivity index (χ0n) is 13.9. The minimum atomic E-state index is 1.28. The van der Waals surface area contributed by atoms with Crippen LogP contribution in [-0.4, -0.2) is 0 Å². The Balaban J connectivity index is 1.75. The Morgan fingerprint density at radius 2 is 1.25 bits per heavy atom. The molecule has 0 heterocycles. The fourth-order valence-corrected chi connectivity index (χ4v) is 2.95. The lowest BCUT2D eigenvalue weighted by atomic mass is 10.0. The predicted molar refractivity (Wildman–Crippen MR) is 91.8 cm³/mol. The van der Waals surface area contributed by atoms with Gasteiger partial charge in [-0.2, -0.15) is 0 Å². The van der Waals surface area contributed by atoms with Gasteiger partial charge in [0.25, 0.3) is 0 Å². The summed E-state index contributed by atoms with van der Waals surface area (Å²) >= 11 is 0. The van der Waals surface area contributed by atoms with E-state index in [4.69, 9.17) is 0 Å². The molecular weight excluding hydrogens is 240 g/mol. The lowest BCUT2D eigenvalue weighted by Gasteiger charge is -2.02. The minimum Gasteiger partial charge on any atom is -0.0654 e. The second-order valence-corrected chi connectivity index (χ2v) is 6.44. The normalized spacial score (nSPS) is 14.1. The van der Waals surface area contributed by atoms with Crippen LogP contribution in [0.4, 0.5) is 0 Å². The predicted octanol–water partition coefficient (Wildman–Crippen LogP) is 7.17. The van der Waals surface area contributed by atoms with Gasteiger partial charge in [0, 0.05) is 13.3 Å². The summed E-state index contributed by atoms with van der Waals surface area (Å²) in [5.74, 6) is 1.42. The molecule has 0 N–H and O–H groups in total. The molecule has 0 bridgehead atoms. The van der Waals surface area contributed by atoms with E-state index in [1.54, 1.807) is 0 Å². The van der Waals surface area contributed by atoms with Crippen LogP contribution in [0.15, 0.2) is 23.8 Å². The van der Waals surface area contributed by atoms with Crippen LogP contribution in [0.2, 0.25) is 0 Å². The molecular formula is C20H35+. The van der Waals surface area contributed by atoms with E-state index < -0.39 is 0 Å². The van der Waals surface area contributed by atoms with Crippen molar-refractivity contribution < 1.29 is 0 Å². The molecule has 0 fully saturated rings. The molecule has 0 aromatic carbocycles. The lowest BCUT2D eigenvalue weighted by Crippen LogP contribution is -1.83. The first-order valence-electron chi connectivity index (χ1n) is 9.05. The van der Waals surface area contributed by atoms with Crippen LogP contribution in [0.5, 0.6) is 0 Å². The highest BCUT2D eigenvalue weighted by atomic mass is 14.1. The van der Waals surface area contributed by atoms with Crippen LogP contribution in [0.1, 0.15) is 97.3 Å². The fourth-order valence-electron chi connectivity index (χ4n) is 2.95. The second kappa shape index (κ2) is 12.1. The summed E-state index contributed by atoms with van der Waals surface area (Å²) in [5, 5.41) is 0. The summed E-state index contributed by atoms with van der Waals surface area (Å²) in [6.45, 7) is 4.48. The first-order valence-corrected chi connectivity index (χ1v) is 9.05. The van der Waals surface area contributed by atoms with Crippen LogP contribution < -0.4 is 0 Å². The van der Waals surface area contributed by atoms with E-state index in [-0.39, 0.29) is 0 Å². The Morgan fingerprint density at radius 1 is 0.750 bits per heavy atom. The summed E-state index contributed by atoms with van der Waals surface area (Å²) in [4.78, 5) is 0. The minimum absolute atomic E-state index is 1.28. The van der Waals surface area contributed by atoms with Crippen molar-refractivity contribution in [2.24, 2.45) is 0 Å². The second-order valence-electron chi connectivity index (χ2n) is 6.44. The highest BCUT2D eigenvalue weighted by Crippen LogP contribution is 2.22. The monoisotopic (exact) mass is 275 g/mol. The zero-order valence-corrected chi connectivity index (χ0v) is 13.9. The first kappa shape index (κ1) is 17.4. The first-order chi connectivity index (χ1) is 9.83. The summed E-state index contributed by atoms with van der Waals surface area (Å²) in [6.07, 6.45) is 25.4. The summed E-state index contributed by atoms with van der Waals surface area (Å²) in [6, 6.07) is 0. The van der Waals surface area contributed by atoms with Crippen LogP contribution in [0.25, 0.3) is 0 Å². The van der Waals surface area contributed by atoms with E-state index in [2.05, 4.69) is 32.1 Å². The Morgan fingerprint density at radius 3 is 1.70 bits per heavy atom. The number of hydrogen-bond donors (Lipinski definition) is 0. The van der Waals surface area contributed by atoms with Gasteiger partial charge in [-0.05, 0) is 6.42 Å². The van der Waals surface area contributed by atoms with Crippen molar-refractivity contribution in [1.82, 2.24) is 0 Å². The summed E-state index contributed by atoms with van der Waals surface area (Å²) < 4.78 is 0. The number of allylic oxidation sites excluding steroid dienone is 4. The number of rotatable bonds is 13. The molecule has 1 aliphatic carbocycles. The van der Waals surface area contributed by atoms with Crippen LogP contribution >= 0.6 is 0 Å². The average Bonchev–Trinajstić information content (AvgIpc) is 2.86. The maximum Gasteiger partial charge on any atom is 0.0934 e. The van der Waals surface area contributed by atoms with Gasteiger partial charge in [0.15, 0.2) is 0 Å². The van der Waals surface area contributed by atoms with Crippen LogP contribution in [0, 0.1) is 5.92 Å². The molecule has 0 saturated heterocycles. The Hall–Kier alpha value is -0.650. The van der Waals surface area contributed by atoms with Crippen molar-refractivity contribution in [3.05, 3.63) is 29.7 Å². The molecule has 0 aromatic heterocycles. The fraction of sp³-hybridized carbons (Fsp3) is 0.750. The Labute approximate surface area is 127 Å². The molecule has 1 aliphatic rings. The quantitative estimate of drug-likeness (QED) is 0.247. The van der Waals surface area contributed by atoms with Crippen molar-refractivity contribution in [1.29, 1.82) is 0 Å². The third kappa shape index (κ3) is 9.28. The molecule has 20 heavy (non-hydrogen) atoms. The van der Waals surface area contributed by atoms with Crippen LogP contribution in [-0.2, 0) is 0 Å². The molecule has 0 amide bonds. The molecule has 0 aromatic rings. The van der Waals surface area contributed by atoms with E-state index in [1.165, 1.54) is 95.0 Å². The Bertz CT molecular complexity index is 272. The van der Waals surface area contributed by atoms with Gasteiger partial charge in [-0.1, -0.05) is 77.6 Å². The molecule has 0 radical (unpaired) electrons. The van der Waals surface area contributed by atoms with Gasteiger partial charge in [-0.15, -0.1) is 0 Å². The molecule has 0 unspecified atom stereocenters. The van der Waals surface area contributed by atoms with Crippen molar-refractivity contribution in [3.8, 4) is 0 Å².